The van der Waals surface area contributed by atoms with Gasteiger partial charge in [-0.3, -0.25) is 9.89 Å². The minimum absolute atomic E-state index is 0. The van der Waals surface area contributed by atoms with Crippen LogP contribution in [0.2, 0.25) is 0 Å². The predicted octanol–water partition coefficient (Wildman–Crippen LogP) is 2.01. The lowest BCUT2D eigenvalue weighted by atomic mass is 9.93. The summed E-state index contributed by atoms with van der Waals surface area (Å²) in [7, 11) is -2.94. The molecule has 2 saturated heterocycles. The zero-order chi connectivity index (χ0) is 19.2. The Kier molecular flexibility index (Phi) is 10.1. The van der Waals surface area contributed by atoms with Gasteiger partial charge < -0.3 is 10.6 Å². The fourth-order valence-corrected chi connectivity index (χ4v) is 5.14. The van der Waals surface area contributed by atoms with Gasteiger partial charge in [0, 0.05) is 19.1 Å². The SMILES string of the molecule is CCNC(=NCCC1CCN(CC(F)(F)F)CC1)NC1CCS(=O)(=O)C1.I. The topological polar surface area (TPSA) is 73.8 Å². The molecule has 0 aromatic heterocycles. The first-order valence-electron chi connectivity index (χ1n) is 9.21. The molecule has 2 N–H and O–H groups in total. The molecule has 27 heavy (non-hydrogen) atoms. The summed E-state index contributed by atoms with van der Waals surface area (Å²) in [4.78, 5) is 5.97. The van der Waals surface area contributed by atoms with Gasteiger partial charge in [-0.25, -0.2) is 8.42 Å². The Bertz CT molecular complexity index is 579. The molecule has 1 unspecified atom stereocenters. The molecule has 0 amide bonds. The zero-order valence-corrected chi connectivity index (χ0v) is 18.7. The Balaban J connectivity index is 0.00000364. The van der Waals surface area contributed by atoms with Crippen LogP contribution in [-0.4, -0.2) is 75.7 Å². The number of aliphatic imine (C=N–C) groups is 1. The molecule has 0 aromatic carbocycles. The Morgan fingerprint density at radius 1 is 1.22 bits per heavy atom. The molecular weight excluding hydrogens is 496 g/mol. The van der Waals surface area contributed by atoms with Crippen LogP contribution in [0.25, 0.3) is 0 Å². The van der Waals surface area contributed by atoms with Crippen molar-refractivity contribution in [3.05, 3.63) is 0 Å². The van der Waals surface area contributed by atoms with Crippen molar-refractivity contribution in [2.45, 2.75) is 44.8 Å². The molecule has 2 aliphatic heterocycles. The van der Waals surface area contributed by atoms with Crippen molar-refractivity contribution in [3.63, 3.8) is 0 Å². The fraction of sp³-hybridized carbons (Fsp3) is 0.938. The summed E-state index contributed by atoms with van der Waals surface area (Å²) in [5.41, 5.74) is 0. The van der Waals surface area contributed by atoms with Crippen molar-refractivity contribution >= 4 is 39.8 Å². The maximum absolute atomic E-state index is 12.4. The van der Waals surface area contributed by atoms with Gasteiger partial charge in [-0.05, 0) is 51.6 Å². The highest BCUT2D eigenvalue weighted by atomic mass is 127. The Hall–Kier alpha value is -0.300. The number of nitrogens with one attached hydrogen (secondary N) is 2. The third-order valence-electron chi connectivity index (χ3n) is 4.83. The number of halogens is 4. The fourth-order valence-electron chi connectivity index (χ4n) is 3.47. The third-order valence-corrected chi connectivity index (χ3v) is 6.60. The van der Waals surface area contributed by atoms with Crippen LogP contribution in [0.3, 0.4) is 0 Å². The number of hydrogen-bond donors (Lipinski definition) is 2. The standard InChI is InChI=1S/C16H29F3N4O2S.HI/c1-2-20-15(22-14-6-10-26(24,25)11-14)21-7-3-13-4-8-23(9-5-13)12-16(17,18)19;/h13-14H,2-12H2,1H3,(H2,20,21,22);1H. The molecule has 0 aromatic rings. The van der Waals surface area contributed by atoms with E-state index in [4.69, 9.17) is 0 Å². The number of alkyl halides is 3. The smallest absolute Gasteiger partial charge is 0.357 e. The molecule has 160 valence electrons. The molecule has 6 nitrogen and oxygen atoms in total. The Labute approximate surface area is 176 Å². The maximum atomic E-state index is 12.4. The number of rotatable bonds is 6. The molecule has 0 bridgehead atoms. The van der Waals surface area contributed by atoms with Crippen molar-refractivity contribution < 1.29 is 21.6 Å². The van der Waals surface area contributed by atoms with Crippen molar-refractivity contribution in [3.8, 4) is 0 Å². The van der Waals surface area contributed by atoms with E-state index in [1.165, 1.54) is 4.90 Å². The van der Waals surface area contributed by atoms with E-state index >= 15 is 0 Å². The highest BCUT2D eigenvalue weighted by Gasteiger charge is 2.32. The maximum Gasteiger partial charge on any atom is 0.401 e. The van der Waals surface area contributed by atoms with Crippen molar-refractivity contribution in [2.24, 2.45) is 10.9 Å². The van der Waals surface area contributed by atoms with E-state index in [2.05, 4.69) is 15.6 Å². The molecule has 2 rings (SSSR count). The second-order valence-corrected chi connectivity index (χ2v) is 9.36. The summed E-state index contributed by atoms with van der Waals surface area (Å²) >= 11 is 0. The molecule has 0 aliphatic carbocycles. The van der Waals surface area contributed by atoms with Crippen LogP contribution in [-0.2, 0) is 9.84 Å². The minimum Gasteiger partial charge on any atom is -0.357 e. The molecule has 11 heteroatoms. The molecule has 2 fully saturated rings. The minimum atomic E-state index is -4.13. The summed E-state index contributed by atoms with van der Waals surface area (Å²) in [5, 5.41) is 6.29. The highest BCUT2D eigenvalue weighted by Crippen LogP contribution is 2.24. The summed E-state index contributed by atoms with van der Waals surface area (Å²) < 4.78 is 60.3. The first-order chi connectivity index (χ1) is 12.2. The molecule has 0 radical (unpaired) electrons. The second-order valence-electron chi connectivity index (χ2n) is 7.13. The van der Waals surface area contributed by atoms with E-state index in [1.807, 2.05) is 6.92 Å². The lowest BCUT2D eigenvalue weighted by Crippen LogP contribution is -2.44. The van der Waals surface area contributed by atoms with Crippen molar-refractivity contribution in [1.82, 2.24) is 15.5 Å². The number of hydrogen-bond acceptors (Lipinski definition) is 4. The number of guanidine groups is 1. The van der Waals surface area contributed by atoms with Crippen LogP contribution < -0.4 is 10.6 Å². The number of sulfone groups is 1. The zero-order valence-electron chi connectivity index (χ0n) is 15.6. The van der Waals surface area contributed by atoms with Crippen molar-refractivity contribution in [1.29, 1.82) is 0 Å². The van der Waals surface area contributed by atoms with E-state index in [9.17, 15) is 21.6 Å². The second kappa shape index (κ2) is 11.0. The normalized spacial score (nSPS) is 24.4. The van der Waals surface area contributed by atoms with E-state index in [0.29, 0.717) is 44.5 Å². The van der Waals surface area contributed by atoms with E-state index < -0.39 is 22.6 Å². The first-order valence-corrected chi connectivity index (χ1v) is 11.0. The molecular formula is C16H30F3IN4O2S. The van der Waals surface area contributed by atoms with E-state index in [0.717, 1.165) is 19.3 Å². The lowest BCUT2D eigenvalue weighted by Gasteiger charge is -2.32. The van der Waals surface area contributed by atoms with Gasteiger partial charge in [0.05, 0.1) is 18.1 Å². The van der Waals surface area contributed by atoms with Crippen LogP contribution in [0.5, 0.6) is 0 Å². The predicted molar refractivity (Wildman–Crippen MR) is 111 cm³/mol. The third kappa shape index (κ3) is 9.64. The average molecular weight is 526 g/mol. The van der Waals surface area contributed by atoms with Crippen LogP contribution in [0.4, 0.5) is 13.2 Å². The molecule has 1 atom stereocenters. The monoisotopic (exact) mass is 526 g/mol. The number of likely N-dealkylation sites (tertiary alicyclic amines) is 1. The van der Waals surface area contributed by atoms with Crippen LogP contribution in [0, 0.1) is 5.92 Å². The Morgan fingerprint density at radius 2 is 1.89 bits per heavy atom. The van der Waals surface area contributed by atoms with Crippen molar-refractivity contribution in [2.75, 3.05) is 44.2 Å². The van der Waals surface area contributed by atoms with Crippen LogP contribution in [0.1, 0.15) is 32.6 Å². The van der Waals surface area contributed by atoms with Gasteiger partial charge in [-0.1, -0.05) is 0 Å². The summed E-state index contributed by atoms with van der Waals surface area (Å²) in [6.45, 7) is 3.34. The average Bonchev–Trinajstić information content (AvgIpc) is 2.86. The molecule has 2 heterocycles. The summed E-state index contributed by atoms with van der Waals surface area (Å²) in [6.07, 6.45) is -1.19. The number of piperidine rings is 1. The molecule has 2 aliphatic rings. The van der Waals surface area contributed by atoms with E-state index in [-0.39, 0.29) is 41.5 Å². The first kappa shape index (κ1) is 24.7. The van der Waals surface area contributed by atoms with Gasteiger partial charge in [0.25, 0.3) is 0 Å². The largest absolute Gasteiger partial charge is 0.401 e. The van der Waals surface area contributed by atoms with Gasteiger partial charge in [-0.2, -0.15) is 13.2 Å². The molecule has 0 saturated carbocycles. The number of nitrogens with zero attached hydrogens (tertiary/aromatic N) is 2. The molecule has 0 spiro atoms. The lowest BCUT2D eigenvalue weighted by molar-refractivity contribution is -0.148. The Morgan fingerprint density at radius 3 is 2.41 bits per heavy atom. The van der Waals surface area contributed by atoms with Gasteiger partial charge in [0.1, 0.15) is 0 Å². The summed E-state index contributed by atoms with van der Waals surface area (Å²) in [5.74, 6) is 1.34. The van der Waals surface area contributed by atoms with E-state index in [1.54, 1.807) is 0 Å². The van der Waals surface area contributed by atoms with Gasteiger partial charge in [0.15, 0.2) is 15.8 Å². The van der Waals surface area contributed by atoms with Crippen LogP contribution >= 0.6 is 24.0 Å². The quantitative estimate of drug-likeness (QED) is 0.315. The summed E-state index contributed by atoms with van der Waals surface area (Å²) in [6, 6.07) is -0.108. The highest BCUT2D eigenvalue weighted by molar-refractivity contribution is 14.0. The van der Waals surface area contributed by atoms with Gasteiger partial charge in [-0.15, -0.1) is 24.0 Å². The van der Waals surface area contributed by atoms with Gasteiger partial charge in [0.2, 0.25) is 0 Å². The van der Waals surface area contributed by atoms with Crippen LogP contribution in [0.15, 0.2) is 4.99 Å². The van der Waals surface area contributed by atoms with Gasteiger partial charge >= 0.3 is 6.18 Å².